The summed E-state index contributed by atoms with van der Waals surface area (Å²) in [5, 5.41) is 3.03. The average Bonchev–Trinajstić information content (AvgIpc) is 3.22. The van der Waals surface area contributed by atoms with E-state index in [9.17, 15) is 22.8 Å². The van der Waals surface area contributed by atoms with E-state index in [0.717, 1.165) is 30.2 Å². The Morgan fingerprint density at radius 1 is 0.977 bits per heavy atom. The standard InChI is InChI=1S/C31H48ClN3O7S/c1-4-7-8-9-10-11-12-13-14-15-16-24-21-29(36)35(31(24)38)20-19-33-43(39,40)25-17-18-26(32)27(22-25)34-28(41-5-2)23-30(37)42-6-3/h17-18,22-24,33-34H,4-16,19-21H2,1-3H3. The number of amides is 2. The summed E-state index contributed by atoms with van der Waals surface area (Å²) >= 11 is 6.25. The van der Waals surface area contributed by atoms with Gasteiger partial charge in [0.05, 0.1) is 34.9 Å². The fraction of sp³-hybridized carbons (Fsp3) is 0.645. The van der Waals surface area contributed by atoms with Crippen LogP contribution in [0.5, 0.6) is 0 Å². The van der Waals surface area contributed by atoms with Crippen molar-refractivity contribution < 1.29 is 32.3 Å². The summed E-state index contributed by atoms with van der Waals surface area (Å²) in [6, 6.07) is 4.04. The fourth-order valence-corrected chi connectivity index (χ4v) is 6.14. The summed E-state index contributed by atoms with van der Waals surface area (Å²) < 4.78 is 38.8. The van der Waals surface area contributed by atoms with E-state index < -0.39 is 16.0 Å². The number of ether oxygens (including phenoxy) is 2. The van der Waals surface area contributed by atoms with Gasteiger partial charge < -0.3 is 14.8 Å². The highest BCUT2D eigenvalue weighted by Crippen LogP contribution is 2.28. The smallest absolute Gasteiger partial charge is 0.336 e. The number of unbranched alkanes of at least 4 members (excludes halogenated alkanes) is 9. The Hall–Kier alpha value is -2.63. The van der Waals surface area contributed by atoms with E-state index in [1.165, 1.54) is 63.1 Å². The van der Waals surface area contributed by atoms with Gasteiger partial charge in [-0.25, -0.2) is 17.9 Å². The number of likely N-dealkylation sites (tertiary alicyclic amines) is 1. The van der Waals surface area contributed by atoms with Crippen LogP contribution in [0.25, 0.3) is 0 Å². The minimum Gasteiger partial charge on any atom is -0.479 e. The first-order valence-electron chi connectivity index (χ1n) is 15.5. The minimum atomic E-state index is -4.00. The summed E-state index contributed by atoms with van der Waals surface area (Å²) in [6.45, 7) is 5.88. The molecule has 1 aromatic rings. The maximum absolute atomic E-state index is 13.0. The molecule has 1 fully saturated rings. The molecular formula is C31H48ClN3O7S. The molecule has 1 saturated heterocycles. The van der Waals surface area contributed by atoms with Gasteiger partial charge in [0, 0.05) is 25.4 Å². The van der Waals surface area contributed by atoms with Crippen LogP contribution < -0.4 is 10.0 Å². The molecule has 242 valence electrons. The lowest BCUT2D eigenvalue weighted by atomic mass is 9.98. The third-order valence-corrected chi connectivity index (χ3v) is 9.00. The van der Waals surface area contributed by atoms with Gasteiger partial charge in [-0.05, 0) is 38.5 Å². The normalized spacial score (nSPS) is 15.7. The zero-order valence-electron chi connectivity index (χ0n) is 25.8. The number of esters is 1. The molecule has 0 saturated carbocycles. The number of hydrogen-bond donors (Lipinski definition) is 2. The molecular weight excluding hydrogens is 594 g/mol. The first-order valence-corrected chi connectivity index (χ1v) is 17.4. The minimum absolute atomic E-state index is 0.0408. The van der Waals surface area contributed by atoms with E-state index >= 15 is 0 Å². The van der Waals surface area contributed by atoms with Gasteiger partial charge in [-0.3, -0.25) is 14.5 Å². The molecule has 0 radical (unpaired) electrons. The maximum atomic E-state index is 13.0. The molecule has 12 heteroatoms. The highest BCUT2D eigenvalue weighted by atomic mass is 35.5. The zero-order chi connectivity index (χ0) is 31.7. The van der Waals surface area contributed by atoms with Crippen LogP contribution in [0.2, 0.25) is 5.02 Å². The number of nitrogens with one attached hydrogen (secondary N) is 2. The Labute approximate surface area is 261 Å². The predicted octanol–water partition coefficient (Wildman–Crippen LogP) is 6.16. The quantitative estimate of drug-likeness (QED) is 0.0506. The molecule has 10 nitrogen and oxygen atoms in total. The Morgan fingerprint density at radius 3 is 2.23 bits per heavy atom. The van der Waals surface area contributed by atoms with Gasteiger partial charge in [-0.2, -0.15) is 0 Å². The first kappa shape index (κ1) is 36.6. The van der Waals surface area contributed by atoms with Crippen molar-refractivity contribution >= 4 is 45.1 Å². The molecule has 1 aromatic carbocycles. The number of anilines is 1. The molecule has 2 rings (SSSR count). The number of nitrogens with zero attached hydrogens (tertiary/aromatic N) is 1. The molecule has 2 N–H and O–H groups in total. The van der Waals surface area contributed by atoms with Crippen molar-refractivity contribution in [3.63, 3.8) is 0 Å². The molecule has 43 heavy (non-hydrogen) atoms. The highest BCUT2D eigenvalue weighted by molar-refractivity contribution is 7.89. The van der Waals surface area contributed by atoms with Crippen molar-refractivity contribution in [2.45, 2.75) is 103 Å². The summed E-state index contributed by atoms with van der Waals surface area (Å²) in [7, 11) is -4.00. The molecule has 0 aromatic heterocycles. The van der Waals surface area contributed by atoms with E-state index in [0.29, 0.717) is 6.42 Å². The van der Waals surface area contributed by atoms with Crippen LogP contribution in [-0.2, 0) is 33.9 Å². The second-order valence-corrected chi connectivity index (χ2v) is 12.8. The molecule has 1 atom stereocenters. The van der Waals surface area contributed by atoms with Gasteiger partial charge in [-0.1, -0.05) is 82.7 Å². The average molecular weight is 642 g/mol. The number of imide groups is 1. The van der Waals surface area contributed by atoms with Crippen molar-refractivity contribution in [1.82, 2.24) is 9.62 Å². The Morgan fingerprint density at radius 2 is 1.60 bits per heavy atom. The van der Waals surface area contributed by atoms with E-state index in [2.05, 4.69) is 17.0 Å². The van der Waals surface area contributed by atoms with Crippen molar-refractivity contribution in [2.75, 3.05) is 31.6 Å². The third-order valence-electron chi connectivity index (χ3n) is 7.21. The van der Waals surface area contributed by atoms with Crippen molar-refractivity contribution in [2.24, 2.45) is 5.92 Å². The van der Waals surface area contributed by atoms with Crippen LogP contribution in [0, 0.1) is 5.92 Å². The van der Waals surface area contributed by atoms with Gasteiger partial charge in [0.2, 0.25) is 21.8 Å². The largest absolute Gasteiger partial charge is 0.479 e. The van der Waals surface area contributed by atoms with Gasteiger partial charge in [0.1, 0.15) is 0 Å². The first-order chi connectivity index (χ1) is 20.6. The van der Waals surface area contributed by atoms with E-state index in [-0.39, 0.29) is 71.9 Å². The Bertz CT molecular complexity index is 1190. The van der Waals surface area contributed by atoms with Gasteiger partial charge >= 0.3 is 5.97 Å². The fourth-order valence-electron chi connectivity index (χ4n) is 4.93. The van der Waals surface area contributed by atoms with Crippen LogP contribution in [0.15, 0.2) is 35.1 Å². The number of hydrogen-bond acceptors (Lipinski definition) is 8. The third kappa shape index (κ3) is 12.9. The van der Waals surface area contributed by atoms with Gasteiger partial charge in [-0.15, -0.1) is 0 Å². The Balaban J connectivity index is 1.84. The molecule has 2 amide bonds. The second kappa shape index (κ2) is 19.6. The van der Waals surface area contributed by atoms with Gasteiger partial charge in [0.15, 0.2) is 5.88 Å². The monoisotopic (exact) mass is 641 g/mol. The molecule has 1 aliphatic rings. The SMILES string of the molecule is CCCCCCCCCCCCC1CC(=O)N(CCNS(=O)(=O)c2ccc(Cl)c(NC(=CC(=O)OCC)OCC)c2)C1=O. The van der Waals surface area contributed by atoms with E-state index in [1.54, 1.807) is 13.8 Å². The van der Waals surface area contributed by atoms with E-state index in [1.807, 2.05) is 0 Å². The van der Waals surface area contributed by atoms with Crippen molar-refractivity contribution in [1.29, 1.82) is 0 Å². The molecule has 0 aliphatic carbocycles. The van der Waals surface area contributed by atoms with Crippen LogP contribution in [0.3, 0.4) is 0 Å². The molecule has 1 heterocycles. The molecule has 1 unspecified atom stereocenters. The summed E-state index contributed by atoms with van der Waals surface area (Å²) in [4.78, 5) is 38.3. The number of benzene rings is 1. The number of sulfonamides is 1. The maximum Gasteiger partial charge on any atom is 0.336 e. The summed E-state index contributed by atoms with van der Waals surface area (Å²) in [5.74, 6) is -1.41. The molecule has 0 spiro atoms. The topological polar surface area (TPSA) is 131 Å². The van der Waals surface area contributed by atoms with E-state index in [4.69, 9.17) is 21.1 Å². The van der Waals surface area contributed by atoms with Crippen LogP contribution in [-0.4, -0.2) is 57.4 Å². The number of rotatable bonds is 22. The van der Waals surface area contributed by atoms with Gasteiger partial charge in [0.25, 0.3) is 0 Å². The number of halogens is 1. The van der Waals surface area contributed by atoms with Crippen LogP contribution >= 0.6 is 11.6 Å². The lowest BCUT2D eigenvalue weighted by Crippen LogP contribution is -2.38. The van der Waals surface area contributed by atoms with Crippen molar-refractivity contribution in [3.8, 4) is 0 Å². The highest BCUT2D eigenvalue weighted by Gasteiger charge is 2.37. The number of carbonyl (C=O) groups excluding carboxylic acids is 3. The van der Waals surface area contributed by atoms with Crippen molar-refractivity contribution in [3.05, 3.63) is 35.2 Å². The molecule has 0 bridgehead atoms. The summed E-state index contributed by atoms with van der Waals surface area (Å²) in [6.07, 6.45) is 14.0. The second-order valence-electron chi connectivity index (χ2n) is 10.6. The number of carbonyl (C=O) groups is 3. The zero-order valence-corrected chi connectivity index (χ0v) is 27.4. The van der Waals surface area contributed by atoms with Crippen LogP contribution in [0.4, 0.5) is 5.69 Å². The lowest BCUT2D eigenvalue weighted by molar-refractivity contribution is -0.139. The van der Waals surface area contributed by atoms with Crippen LogP contribution in [0.1, 0.15) is 97.8 Å². The Kier molecular flexibility index (Phi) is 16.7. The summed E-state index contributed by atoms with van der Waals surface area (Å²) in [5.41, 5.74) is 0.202. The predicted molar refractivity (Wildman–Crippen MR) is 168 cm³/mol. The molecule has 1 aliphatic heterocycles. The lowest BCUT2D eigenvalue weighted by Gasteiger charge is -2.16.